The molecule has 1 heterocycles. The molecule has 1 amide bonds. The first-order chi connectivity index (χ1) is 10.5. The fourth-order valence-electron chi connectivity index (χ4n) is 2.76. The summed E-state index contributed by atoms with van der Waals surface area (Å²) in [7, 11) is 3.26. The smallest absolute Gasteiger partial charge is 0.222 e. The van der Waals surface area contributed by atoms with Crippen LogP contribution in [0.15, 0.2) is 24.3 Å². The van der Waals surface area contributed by atoms with Crippen molar-refractivity contribution in [1.29, 1.82) is 0 Å². The van der Waals surface area contributed by atoms with Crippen LogP contribution in [0, 0.1) is 5.92 Å². The van der Waals surface area contributed by atoms with Crippen LogP contribution in [-0.2, 0) is 22.0 Å². The Kier molecular flexibility index (Phi) is 6.00. The molecule has 0 aliphatic carbocycles. The molecule has 2 atom stereocenters. The van der Waals surface area contributed by atoms with Crippen LogP contribution in [0.25, 0.3) is 0 Å². The topological polar surface area (TPSA) is 40.6 Å². The van der Waals surface area contributed by atoms with E-state index in [9.17, 15) is 9.00 Å². The lowest BCUT2D eigenvalue weighted by Crippen LogP contribution is -2.35. The largest absolute Gasteiger partial charge is 0.378 e. The number of carbonyl (C=O) groups excluding carboxylic acids is 1. The molecule has 1 saturated heterocycles. The van der Waals surface area contributed by atoms with Crippen LogP contribution in [0.3, 0.4) is 0 Å². The summed E-state index contributed by atoms with van der Waals surface area (Å²) in [5.74, 6) is 1.84. The van der Waals surface area contributed by atoms with Crippen LogP contribution in [0.4, 0.5) is 5.69 Å². The summed E-state index contributed by atoms with van der Waals surface area (Å²) in [5.41, 5.74) is 2.34. The summed E-state index contributed by atoms with van der Waals surface area (Å²) in [6.07, 6.45) is 1.28. The highest BCUT2D eigenvalue weighted by Crippen LogP contribution is 2.16. The second-order valence-electron chi connectivity index (χ2n) is 6.32. The van der Waals surface area contributed by atoms with Crippen molar-refractivity contribution in [3.05, 3.63) is 29.8 Å². The van der Waals surface area contributed by atoms with E-state index in [1.54, 1.807) is 0 Å². The van der Waals surface area contributed by atoms with Crippen molar-refractivity contribution < 1.29 is 9.00 Å². The quantitative estimate of drug-likeness (QED) is 0.850. The summed E-state index contributed by atoms with van der Waals surface area (Å²) in [6, 6.07) is 8.30. The van der Waals surface area contributed by atoms with Crippen molar-refractivity contribution in [2.24, 2.45) is 5.92 Å². The summed E-state index contributed by atoms with van der Waals surface area (Å²) >= 11 is 0. The van der Waals surface area contributed by atoms with Gasteiger partial charge in [-0.2, -0.15) is 0 Å². The monoisotopic (exact) mass is 322 g/mol. The van der Waals surface area contributed by atoms with E-state index < -0.39 is 10.8 Å². The number of hydrogen-bond acceptors (Lipinski definition) is 3. The Morgan fingerprint density at radius 3 is 2.91 bits per heavy atom. The molecule has 0 N–H and O–H groups in total. The predicted molar refractivity (Wildman–Crippen MR) is 92.7 cm³/mol. The Morgan fingerprint density at radius 1 is 1.41 bits per heavy atom. The van der Waals surface area contributed by atoms with E-state index in [1.807, 2.05) is 25.1 Å². The van der Waals surface area contributed by atoms with Crippen molar-refractivity contribution >= 4 is 22.4 Å². The van der Waals surface area contributed by atoms with Gasteiger partial charge in [-0.3, -0.25) is 9.00 Å². The number of hydrogen-bond donors (Lipinski definition) is 0. The molecule has 0 saturated carbocycles. The first-order valence-electron chi connectivity index (χ1n) is 7.84. The molecule has 1 fully saturated rings. The minimum atomic E-state index is -0.773. The summed E-state index contributed by atoms with van der Waals surface area (Å²) < 4.78 is 11.7. The van der Waals surface area contributed by atoms with E-state index in [2.05, 4.69) is 30.0 Å². The van der Waals surface area contributed by atoms with Gasteiger partial charge in [0.25, 0.3) is 0 Å². The zero-order chi connectivity index (χ0) is 16.1. The molecule has 0 aromatic heterocycles. The number of aryl methyl sites for hydroxylation is 1. The van der Waals surface area contributed by atoms with Crippen LogP contribution >= 0.6 is 0 Å². The van der Waals surface area contributed by atoms with Gasteiger partial charge < -0.3 is 9.80 Å². The molecule has 4 nitrogen and oxygen atoms in total. The van der Waals surface area contributed by atoms with Crippen molar-refractivity contribution in [2.75, 3.05) is 43.6 Å². The predicted octanol–water partition coefficient (Wildman–Crippen LogP) is 1.91. The number of rotatable bonds is 4. The molecule has 2 unspecified atom stereocenters. The van der Waals surface area contributed by atoms with Crippen LogP contribution in [0.1, 0.15) is 18.9 Å². The van der Waals surface area contributed by atoms with E-state index >= 15 is 0 Å². The molecule has 1 aromatic carbocycles. The normalized spacial score (nSPS) is 22.2. The maximum Gasteiger partial charge on any atom is 0.222 e. The van der Waals surface area contributed by atoms with Crippen molar-refractivity contribution in [3.63, 3.8) is 0 Å². The number of anilines is 1. The van der Waals surface area contributed by atoms with E-state index in [0.29, 0.717) is 30.4 Å². The second-order valence-corrected chi connectivity index (χ2v) is 7.94. The summed E-state index contributed by atoms with van der Waals surface area (Å²) in [4.78, 5) is 16.4. The fraction of sp³-hybridized carbons (Fsp3) is 0.588. The third kappa shape index (κ3) is 4.83. The van der Waals surface area contributed by atoms with Crippen LogP contribution in [0.2, 0.25) is 0 Å². The molecule has 1 aliphatic rings. The Morgan fingerprint density at radius 2 is 2.18 bits per heavy atom. The lowest BCUT2D eigenvalue weighted by Gasteiger charge is -2.22. The average Bonchev–Trinajstić information content (AvgIpc) is 2.65. The Labute approximate surface area is 135 Å². The minimum absolute atomic E-state index is 0.181. The van der Waals surface area contributed by atoms with Crippen LogP contribution in [-0.4, -0.2) is 53.7 Å². The van der Waals surface area contributed by atoms with Gasteiger partial charge in [0.2, 0.25) is 5.91 Å². The highest BCUT2D eigenvalue weighted by atomic mass is 32.2. The standard InChI is InChI=1S/C17H26N2O2S/c1-14-12-19(9-10-22(21)13-14)17(20)8-7-15-5-4-6-16(11-15)18(2)3/h4-6,11,14H,7-10,12-13H2,1-3H3. The molecule has 2 rings (SSSR count). The fourth-order valence-corrected chi connectivity index (χ4v) is 4.09. The highest BCUT2D eigenvalue weighted by molar-refractivity contribution is 7.85. The number of amides is 1. The van der Waals surface area contributed by atoms with Gasteiger partial charge in [-0.05, 0) is 30.0 Å². The maximum absolute atomic E-state index is 12.4. The number of nitrogens with zero attached hydrogens (tertiary/aromatic N) is 2. The van der Waals surface area contributed by atoms with Crippen molar-refractivity contribution in [1.82, 2.24) is 4.90 Å². The molecular formula is C17H26N2O2S. The SMILES string of the molecule is CC1CN(C(=O)CCc2cccc(N(C)C)c2)CCS(=O)C1. The van der Waals surface area contributed by atoms with Gasteiger partial charge in [0.05, 0.1) is 0 Å². The number of carbonyl (C=O) groups is 1. The van der Waals surface area contributed by atoms with E-state index in [4.69, 9.17) is 0 Å². The lowest BCUT2D eigenvalue weighted by atomic mass is 10.1. The van der Waals surface area contributed by atoms with Crippen LogP contribution < -0.4 is 4.90 Å². The second kappa shape index (κ2) is 7.77. The van der Waals surface area contributed by atoms with Crippen molar-refractivity contribution in [3.8, 4) is 0 Å². The third-order valence-electron chi connectivity index (χ3n) is 4.00. The maximum atomic E-state index is 12.4. The van der Waals surface area contributed by atoms with E-state index in [-0.39, 0.29) is 5.91 Å². The number of benzene rings is 1. The highest BCUT2D eigenvalue weighted by Gasteiger charge is 2.22. The molecule has 0 radical (unpaired) electrons. The third-order valence-corrected chi connectivity index (χ3v) is 5.58. The van der Waals surface area contributed by atoms with Crippen LogP contribution in [0.5, 0.6) is 0 Å². The summed E-state index contributed by atoms with van der Waals surface area (Å²) in [6.45, 7) is 3.44. The molecule has 5 heteroatoms. The van der Waals surface area contributed by atoms with Gasteiger partial charge in [0.15, 0.2) is 0 Å². The van der Waals surface area contributed by atoms with E-state index in [0.717, 1.165) is 18.7 Å². The average molecular weight is 322 g/mol. The zero-order valence-corrected chi connectivity index (χ0v) is 14.6. The van der Waals surface area contributed by atoms with Gasteiger partial charge in [-0.15, -0.1) is 0 Å². The van der Waals surface area contributed by atoms with Gasteiger partial charge in [0, 0.05) is 61.6 Å². The summed E-state index contributed by atoms with van der Waals surface area (Å²) in [5, 5.41) is 0. The molecule has 1 aliphatic heterocycles. The zero-order valence-electron chi connectivity index (χ0n) is 13.7. The van der Waals surface area contributed by atoms with Gasteiger partial charge >= 0.3 is 0 Å². The van der Waals surface area contributed by atoms with E-state index in [1.165, 1.54) is 5.56 Å². The molecule has 1 aromatic rings. The van der Waals surface area contributed by atoms with Gasteiger partial charge in [-0.25, -0.2) is 0 Å². The molecule has 122 valence electrons. The van der Waals surface area contributed by atoms with Gasteiger partial charge in [-0.1, -0.05) is 19.1 Å². The molecule has 0 bridgehead atoms. The minimum Gasteiger partial charge on any atom is -0.378 e. The Hall–Kier alpha value is -1.36. The first kappa shape index (κ1) is 17.0. The molecule has 0 spiro atoms. The molecule has 22 heavy (non-hydrogen) atoms. The molecular weight excluding hydrogens is 296 g/mol. The van der Waals surface area contributed by atoms with Crippen molar-refractivity contribution in [2.45, 2.75) is 19.8 Å². The Balaban J connectivity index is 1.92. The van der Waals surface area contributed by atoms with Gasteiger partial charge in [0.1, 0.15) is 0 Å². The first-order valence-corrected chi connectivity index (χ1v) is 9.33. The Bertz CT molecular complexity index is 545. The lowest BCUT2D eigenvalue weighted by molar-refractivity contribution is -0.131.